The van der Waals surface area contributed by atoms with Crippen LogP contribution in [-0.2, 0) is 12.8 Å². The number of nitrogens with zero attached hydrogens (tertiary/aromatic N) is 1. The third kappa shape index (κ3) is 2.40. The van der Waals surface area contributed by atoms with Crippen molar-refractivity contribution in [3.05, 3.63) is 40.5 Å². The maximum atomic E-state index is 12.5. The van der Waals surface area contributed by atoms with E-state index in [1.807, 2.05) is 24.5 Å². The minimum Gasteiger partial charge on any atom is -0.352 e. The number of aromatic nitrogens is 1. The van der Waals surface area contributed by atoms with Gasteiger partial charge < -0.3 is 9.88 Å². The Labute approximate surface area is 123 Å². The molecule has 2 heterocycles. The molecule has 0 saturated heterocycles. The van der Waals surface area contributed by atoms with Crippen LogP contribution in [-0.4, -0.2) is 17.0 Å². The van der Waals surface area contributed by atoms with Crippen LogP contribution in [0, 0.1) is 0 Å². The molecule has 1 aliphatic carbocycles. The fourth-order valence-electron chi connectivity index (χ4n) is 2.76. The monoisotopic (exact) mass is 288 g/mol. The first-order valence-electron chi connectivity index (χ1n) is 7.37. The molecular weight excluding hydrogens is 268 g/mol. The summed E-state index contributed by atoms with van der Waals surface area (Å²) in [6, 6.07) is 4.01. The molecule has 0 fully saturated rings. The summed E-state index contributed by atoms with van der Waals surface area (Å²) >= 11 is 1.78. The zero-order valence-electron chi connectivity index (χ0n) is 11.8. The Bertz CT molecular complexity index is 598. The quantitative estimate of drug-likeness (QED) is 0.917. The van der Waals surface area contributed by atoms with Gasteiger partial charge in [0.2, 0.25) is 0 Å². The Kier molecular flexibility index (Phi) is 3.92. The number of fused-ring (bicyclic) bond motifs is 1. The van der Waals surface area contributed by atoms with Gasteiger partial charge in [-0.3, -0.25) is 4.79 Å². The maximum Gasteiger partial charge on any atom is 0.254 e. The number of aryl methyl sites for hydroxylation is 1. The van der Waals surface area contributed by atoms with E-state index >= 15 is 0 Å². The number of carbonyl (C=O) groups is 1. The van der Waals surface area contributed by atoms with Crippen molar-refractivity contribution < 1.29 is 4.79 Å². The van der Waals surface area contributed by atoms with E-state index in [4.69, 9.17) is 0 Å². The Hall–Kier alpha value is -1.55. The lowest BCUT2D eigenvalue weighted by atomic mass is 9.95. The van der Waals surface area contributed by atoms with Gasteiger partial charge in [-0.2, -0.15) is 0 Å². The SMILES string of the molecule is CCCNC(=O)c1c(-n2cccc2)sc2c1CCCC2. The molecule has 0 radical (unpaired) electrons. The molecule has 20 heavy (non-hydrogen) atoms. The smallest absolute Gasteiger partial charge is 0.254 e. The molecule has 2 aromatic heterocycles. The second-order valence-corrected chi connectivity index (χ2v) is 6.32. The van der Waals surface area contributed by atoms with E-state index in [2.05, 4.69) is 16.8 Å². The first-order chi connectivity index (χ1) is 9.81. The summed E-state index contributed by atoms with van der Waals surface area (Å²) < 4.78 is 2.07. The average molecular weight is 288 g/mol. The van der Waals surface area contributed by atoms with Crippen molar-refractivity contribution in [1.82, 2.24) is 9.88 Å². The summed E-state index contributed by atoms with van der Waals surface area (Å²) in [6.07, 6.45) is 9.62. The second kappa shape index (κ2) is 5.83. The van der Waals surface area contributed by atoms with Crippen LogP contribution >= 0.6 is 11.3 Å². The second-order valence-electron chi connectivity index (χ2n) is 5.24. The highest BCUT2D eigenvalue weighted by Gasteiger charge is 2.25. The lowest BCUT2D eigenvalue weighted by molar-refractivity contribution is 0.0953. The molecule has 3 nitrogen and oxygen atoms in total. The number of nitrogens with one attached hydrogen (secondary N) is 1. The molecule has 1 N–H and O–H groups in total. The number of rotatable bonds is 4. The van der Waals surface area contributed by atoms with Crippen molar-refractivity contribution in [2.24, 2.45) is 0 Å². The minimum absolute atomic E-state index is 0.0925. The third-order valence-corrected chi connectivity index (χ3v) is 5.06. The maximum absolute atomic E-state index is 12.5. The summed E-state index contributed by atoms with van der Waals surface area (Å²) in [5.74, 6) is 0.0925. The normalized spacial score (nSPS) is 14.1. The van der Waals surface area contributed by atoms with Gasteiger partial charge in [-0.05, 0) is 49.8 Å². The topological polar surface area (TPSA) is 34.0 Å². The van der Waals surface area contributed by atoms with Crippen LogP contribution < -0.4 is 5.32 Å². The van der Waals surface area contributed by atoms with Crippen LogP contribution in [0.4, 0.5) is 0 Å². The Morgan fingerprint density at radius 1 is 1.30 bits per heavy atom. The number of hydrogen-bond donors (Lipinski definition) is 1. The van der Waals surface area contributed by atoms with Crippen molar-refractivity contribution in [2.75, 3.05) is 6.54 Å². The predicted octanol–water partition coefficient (Wildman–Crippen LogP) is 3.56. The summed E-state index contributed by atoms with van der Waals surface area (Å²) in [5.41, 5.74) is 2.20. The molecule has 0 aromatic carbocycles. The predicted molar refractivity (Wildman–Crippen MR) is 82.9 cm³/mol. The van der Waals surface area contributed by atoms with E-state index < -0.39 is 0 Å². The molecule has 2 aromatic rings. The lowest BCUT2D eigenvalue weighted by Crippen LogP contribution is -2.26. The van der Waals surface area contributed by atoms with E-state index in [0.29, 0.717) is 0 Å². The molecule has 0 spiro atoms. The zero-order chi connectivity index (χ0) is 13.9. The third-order valence-electron chi connectivity index (χ3n) is 3.75. The van der Waals surface area contributed by atoms with Gasteiger partial charge in [-0.15, -0.1) is 11.3 Å². The van der Waals surface area contributed by atoms with Crippen molar-refractivity contribution in [1.29, 1.82) is 0 Å². The molecule has 0 atom stereocenters. The van der Waals surface area contributed by atoms with Crippen molar-refractivity contribution in [3.8, 4) is 5.00 Å². The largest absolute Gasteiger partial charge is 0.352 e. The van der Waals surface area contributed by atoms with Gasteiger partial charge in [0.15, 0.2) is 0 Å². The highest BCUT2D eigenvalue weighted by Crippen LogP contribution is 2.36. The van der Waals surface area contributed by atoms with Crippen LogP contribution in [0.25, 0.3) is 5.00 Å². The molecule has 1 aliphatic rings. The molecule has 4 heteroatoms. The van der Waals surface area contributed by atoms with Crippen LogP contribution in [0.3, 0.4) is 0 Å². The highest BCUT2D eigenvalue weighted by molar-refractivity contribution is 7.15. The highest BCUT2D eigenvalue weighted by atomic mass is 32.1. The van der Waals surface area contributed by atoms with Gasteiger partial charge in [-0.25, -0.2) is 0 Å². The van der Waals surface area contributed by atoms with Gasteiger partial charge in [0.25, 0.3) is 5.91 Å². The lowest BCUT2D eigenvalue weighted by Gasteiger charge is -2.13. The summed E-state index contributed by atoms with van der Waals surface area (Å²) in [5, 5.41) is 4.12. The number of carbonyl (C=O) groups excluding carboxylic acids is 1. The Balaban J connectivity index is 2.04. The van der Waals surface area contributed by atoms with E-state index in [1.165, 1.54) is 23.3 Å². The van der Waals surface area contributed by atoms with E-state index in [1.54, 1.807) is 11.3 Å². The van der Waals surface area contributed by atoms with Gasteiger partial charge in [0.1, 0.15) is 5.00 Å². The zero-order valence-corrected chi connectivity index (χ0v) is 12.6. The number of amides is 1. The number of hydrogen-bond acceptors (Lipinski definition) is 2. The summed E-state index contributed by atoms with van der Waals surface area (Å²) in [6.45, 7) is 2.82. The van der Waals surface area contributed by atoms with E-state index in [9.17, 15) is 4.79 Å². The van der Waals surface area contributed by atoms with Crippen molar-refractivity contribution in [2.45, 2.75) is 39.0 Å². The Morgan fingerprint density at radius 3 is 2.80 bits per heavy atom. The van der Waals surface area contributed by atoms with Gasteiger partial charge >= 0.3 is 0 Å². The Morgan fingerprint density at radius 2 is 2.05 bits per heavy atom. The molecule has 0 bridgehead atoms. The average Bonchev–Trinajstić information content (AvgIpc) is 3.11. The van der Waals surface area contributed by atoms with Gasteiger partial charge in [0.05, 0.1) is 5.56 Å². The summed E-state index contributed by atoms with van der Waals surface area (Å²) in [7, 11) is 0. The van der Waals surface area contributed by atoms with Crippen LogP contribution in [0.1, 0.15) is 47.0 Å². The summed E-state index contributed by atoms with van der Waals surface area (Å²) in [4.78, 5) is 13.9. The molecular formula is C16H20N2OS. The molecule has 1 amide bonds. The molecule has 0 unspecified atom stereocenters. The first-order valence-corrected chi connectivity index (χ1v) is 8.19. The van der Waals surface area contributed by atoms with E-state index in [0.717, 1.165) is 36.4 Å². The fraction of sp³-hybridized carbons (Fsp3) is 0.438. The molecule has 0 saturated carbocycles. The fourth-order valence-corrected chi connectivity index (χ4v) is 4.12. The van der Waals surface area contributed by atoms with Gasteiger partial charge in [-0.1, -0.05) is 6.92 Å². The number of thiophene rings is 1. The molecule has 106 valence electrons. The standard InChI is InChI=1S/C16H20N2OS/c1-2-9-17-15(19)14-12-7-3-4-8-13(12)20-16(14)18-10-5-6-11-18/h5-6,10-11H,2-4,7-9H2,1H3,(H,17,19). The molecule has 0 aliphatic heterocycles. The van der Waals surface area contributed by atoms with Crippen molar-refractivity contribution in [3.63, 3.8) is 0 Å². The molecule has 3 rings (SSSR count). The van der Waals surface area contributed by atoms with Crippen LogP contribution in [0.15, 0.2) is 24.5 Å². The van der Waals surface area contributed by atoms with E-state index in [-0.39, 0.29) is 5.91 Å². The van der Waals surface area contributed by atoms with Crippen molar-refractivity contribution >= 4 is 17.2 Å². The first kappa shape index (κ1) is 13.4. The minimum atomic E-state index is 0.0925. The van der Waals surface area contributed by atoms with Gasteiger partial charge in [0, 0.05) is 23.8 Å². The van der Waals surface area contributed by atoms with Crippen LogP contribution in [0.5, 0.6) is 0 Å². The van der Waals surface area contributed by atoms with Crippen LogP contribution in [0.2, 0.25) is 0 Å².